The summed E-state index contributed by atoms with van der Waals surface area (Å²) in [5, 5.41) is 0. The summed E-state index contributed by atoms with van der Waals surface area (Å²) in [6.45, 7) is 1.15. The van der Waals surface area contributed by atoms with E-state index in [1.807, 2.05) is 77.7 Å². The second-order valence-corrected chi connectivity index (χ2v) is 5.94. The van der Waals surface area contributed by atoms with Crippen LogP contribution in [0.3, 0.4) is 0 Å². The third-order valence-corrected chi connectivity index (χ3v) is 4.36. The van der Waals surface area contributed by atoms with Gasteiger partial charge in [-0.15, -0.1) is 0 Å². The lowest BCUT2D eigenvalue weighted by Crippen LogP contribution is -2.33. The Hall–Kier alpha value is -3.20. The summed E-state index contributed by atoms with van der Waals surface area (Å²) < 4.78 is 0. The normalized spacial score (nSPS) is 13.6. The molecule has 25 heavy (non-hydrogen) atoms. The maximum absolute atomic E-state index is 13.0. The van der Waals surface area contributed by atoms with Crippen LogP contribution in [0.4, 0.5) is 5.69 Å². The van der Waals surface area contributed by atoms with Crippen molar-refractivity contribution in [2.75, 3.05) is 18.0 Å². The van der Waals surface area contributed by atoms with E-state index < -0.39 is 0 Å². The van der Waals surface area contributed by atoms with Gasteiger partial charge in [0.25, 0.3) is 5.91 Å². The lowest BCUT2D eigenvalue weighted by molar-refractivity contribution is 0.0988. The first-order valence-corrected chi connectivity index (χ1v) is 8.41. The molecule has 0 atom stereocenters. The highest BCUT2D eigenvalue weighted by atomic mass is 16.2. The standard InChI is InChI=1S/C22H18N2O/c25-22(18-11-5-2-6-12-18)24-16-15-23-21(17-9-3-1-4-10-17)19-13-7-8-14-20(19)24/h1-14H,15-16H2. The smallest absolute Gasteiger partial charge is 0.258 e. The molecule has 0 saturated heterocycles. The van der Waals surface area contributed by atoms with E-state index in [1.54, 1.807) is 0 Å². The molecule has 3 nitrogen and oxygen atoms in total. The van der Waals surface area contributed by atoms with E-state index in [2.05, 4.69) is 12.1 Å². The Kier molecular flexibility index (Phi) is 4.13. The molecule has 0 saturated carbocycles. The molecule has 1 aliphatic rings. The number of hydrogen-bond donors (Lipinski definition) is 0. The van der Waals surface area contributed by atoms with Gasteiger partial charge in [-0.2, -0.15) is 0 Å². The summed E-state index contributed by atoms with van der Waals surface area (Å²) in [5.74, 6) is 0.0116. The fraction of sp³-hybridized carbons (Fsp3) is 0.0909. The van der Waals surface area contributed by atoms with Crippen LogP contribution in [0.5, 0.6) is 0 Å². The van der Waals surface area contributed by atoms with Gasteiger partial charge in [-0.25, -0.2) is 0 Å². The number of carbonyl (C=O) groups excluding carboxylic acids is 1. The number of amides is 1. The van der Waals surface area contributed by atoms with Crippen molar-refractivity contribution in [3.63, 3.8) is 0 Å². The van der Waals surface area contributed by atoms with E-state index >= 15 is 0 Å². The number of rotatable bonds is 2. The second-order valence-electron chi connectivity index (χ2n) is 5.94. The van der Waals surface area contributed by atoms with Crippen molar-refractivity contribution in [3.8, 4) is 0 Å². The van der Waals surface area contributed by atoms with Crippen molar-refractivity contribution in [2.45, 2.75) is 0 Å². The van der Waals surface area contributed by atoms with Crippen LogP contribution in [0.1, 0.15) is 21.5 Å². The Morgan fingerprint density at radius 1 is 0.800 bits per heavy atom. The largest absolute Gasteiger partial charge is 0.306 e. The Morgan fingerprint density at radius 2 is 1.44 bits per heavy atom. The summed E-state index contributed by atoms with van der Waals surface area (Å²) in [7, 11) is 0. The van der Waals surface area contributed by atoms with Crippen LogP contribution >= 0.6 is 0 Å². The van der Waals surface area contributed by atoms with Crippen molar-refractivity contribution in [3.05, 3.63) is 102 Å². The predicted molar refractivity (Wildman–Crippen MR) is 102 cm³/mol. The highest BCUT2D eigenvalue weighted by Gasteiger charge is 2.24. The second kappa shape index (κ2) is 6.73. The van der Waals surface area contributed by atoms with Crippen LogP contribution in [-0.2, 0) is 0 Å². The van der Waals surface area contributed by atoms with Gasteiger partial charge in [-0.3, -0.25) is 9.79 Å². The molecule has 1 amide bonds. The Morgan fingerprint density at radius 3 is 2.20 bits per heavy atom. The van der Waals surface area contributed by atoms with Gasteiger partial charge in [0.15, 0.2) is 0 Å². The summed E-state index contributed by atoms with van der Waals surface area (Å²) in [6, 6.07) is 27.6. The van der Waals surface area contributed by atoms with Gasteiger partial charge in [0.05, 0.1) is 17.9 Å². The first-order chi connectivity index (χ1) is 12.3. The van der Waals surface area contributed by atoms with Gasteiger partial charge < -0.3 is 4.90 Å². The van der Waals surface area contributed by atoms with Crippen LogP contribution in [0.15, 0.2) is 89.9 Å². The minimum atomic E-state index is 0.0116. The number of benzene rings is 3. The summed E-state index contributed by atoms with van der Waals surface area (Å²) in [5.41, 5.74) is 4.62. The predicted octanol–water partition coefficient (Wildman–Crippen LogP) is 4.18. The van der Waals surface area contributed by atoms with Crippen molar-refractivity contribution in [1.82, 2.24) is 0 Å². The molecule has 0 N–H and O–H groups in total. The summed E-state index contributed by atoms with van der Waals surface area (Å²) >= 11 is 0. The van der Waals surface area contributed by atoms with E-state index in [0.717, 1.165) is 22.5 Å². The van der Waals surface area contributed by atoms with Gasteiger partial charge in [-0.05, 0) is 18.2 Å². The zero-order chi connectivity index (χ0) is 17.1. The number of fused-ring (bicyclic) bond motifs is 1. The SMILES string of the molecule is O=C(c1ccccc1)N1CCN=C(c2ccccc2)c2ccccc21. The molecular formula is C22H18N2O. The highest BCUT2D eigenvalue weighted by Crippen LogP contribution is 2.27. The fourth-order valence-electron chi connectivity index (χ4n) is 3.17. The molecule has 0 aromatic heterocycles. The number of para-hydroxylation sites is 1. The van der Waals surface area contributed by atoms with Gasteiger partial charge in [0.1, 0.15) is 0 Å². The van der Waals surface area contributed by atoms with Crippen molar-refractivity contribution >= 4 is 17.3 Å². The monoisotopic (exact) mass is 326 g/mol. The molecule has 0 spiro atoms. The van der Waals surface area contributed by atoms with Gasteiger partial charge in [0.2, 0.25) is 0 Å². The molecular weight excluding hydrogens is 308 g/mol. The van der Waals surface area contributed by atoms with E-state index in [1.165, 1.54) is 0 Å². The molecule has 1 heterocycles. The molecule has 0 bridgehead atoms. The summed E-state index contributed by atoms with van der Waals surface area (Å²) in [6.07, 6.45) is 0. The number of anilines is 1. The quantitative estimate of drug-likeness (QED) is 0.695. The molecule has 0 aliphatic carbocycles. The van der Waals surface area contributed by atoms with Crippen LogP contribution < -0.4 is 4.90 Å². The van der Waals surface area contributed by atoms with Crippen molar-refractivity contribution in [1.29, 1.82) is 0 Å². The van der Waals surface area contributed by atoms with Crippen LogP contribution in [0.2, 0.25) is 0 Å². The van der Waals surface area contributed by atoms with Crippen LogP contribution in [-0.4, -0.2) is 24.7 Å². The average Bonchev–Trinajstić information content (AvgIpc) is 2.88. The van der Waals surface area contributed by atoms with Gasteiger partial charge in [0, 0.05) is 23.2 Å². The number of benzodiazepines with no additional fused rings is 1. The van der Waals surface area contributed by atoms with E-state index in [-0.39, 0.29) is 5.91 Å². The first-order valence-electron chi connectivity index (χ1n) is 8.41. The first kappa shape index (κ1) is 15.3. The molecule has 1 aliphatic heterocycles. The molecule has 122 valence electrons. The molecule has 3 aromatic carbocycles. The van der Waals surface area contributed by atoms with E-state index in [4.69, 9.17) is 4.99 Å². The topological polar surface area (TPSA) is 32.7 Å². The minimum absolute atomic E-state index is 0.0116. The molecule has 3 heteroatoms. The lowest BCUT2D eigenvalue weighted by atomic mass is 10.00. The summed E-state index contributed by atoms with van der Waals surface area (Å²) in [4.78, 5) is 19.7. The Balaban J connectivity index is 1.79. The van der Waals surface area contributed by atoms with Crippen LogP contribution in [0.25, 0.3) is 0 Å². The zero-order valence-electron chi connectivity index (χ0n) is 13.8. The molecule has 4 rings (SSSR count). The molecule has 0 radical (unpaired) electrons. The zero-order valence-corrected chi connectivity index (χ0v) is 13.8. The van der Waals surface area contributed by atoms with Crippen molar-refractivity contribution < 1.29 is 4.79 Å². The maximum atomic E-state index is 13.0. The number of aliphatic imine (C=N–C) groups is 1. The molecule has 0 unspecified atom stereocenters. The third kappa shape index (κ3) is 2.96. The molecule has 3 aromatic rings. The fourth-order valence-corrected chi connectivity index (χ4v) is 3.17. The maximum Gasteiger partial charge on any atom is 0.258 e. The van der Waals surface area contributed by atoms with Gasteiger partial charge >= 0.3 is 0 Å². The third-order valence-electron chi connectivity index (χ3n) is 4.36. The number of nitrogens with zero attached hydrogens (tertiary/aromatic N) is 2. The van der Waals surface area contributed by atoms with Crippen LogP contribution in [0, 0.1) is 0 Å². The minimum Gasteiger partial charge on any atom is -0.306 e. The average molecular weight is 326 g/mol. The lowest BCUT2D eigenvalue weighted by Gasteiger charge is -2.23. The Bertz CT molecular complexity index is 917. The van der Waals surface area contributed by atoms with Crippen molar-refractivity contribution in [2.24, 2.45) is 4.99 Å². The number of hydrogen-bond acceptors (Lipinski definition) is 2. The highest BCUT2D eigenvalue weighted by molar-refractivity contribution is 6.19. The molecule has 0 fully saturated rings. The van der Waals surface area contributed by atoms with Gasteiger partial charge in [-0.1, -0.05) is 66.7 Å². The van der Waals surface area contributed by atoms with E-state index in [9.17, 15) is 4.79 Å². The van der Waals surface area contributed by atoms with E-state index in [0.29, 0.717) is 18.7 Å². The number of carbonyl (C=O) groups is 1. The Labute approximate surface area is 147 Å².